The van der Waals surface area contributed by atoms with Crippen molar-refractivity contribution in [3.63, 3.8) is 0 Å². The molecule has 1 aliphatic rings. The Kier molecular flexibility index (Phi) is 4.78. The number of carbonyl (C=O) groups excluding carboxylic acids is 1. The molecule has 0 N–H and O–H groups in total. The maximum atomic E-state index is 11.5. The summed E-state index contributed by atoms with van der Waals surface area (Å²) in [6.07, 6.45) is 0.694. The molecule has 0 radical (unpaired) electrons. The van der Waals surface area contributed by atoms with Crippen molar-refractivity contribution >= 4 is 18.9 Å². The van der Waals surface area contributed by atoms with Crippen LogP contribution in [-0.2, 0) is 9.31 Å². The lowest BCUT2D eigenvalue weighted by Crippen LogP contribution is -2.41. The van der Waals surface area contributed by atoms with Crippen molar-refractivity contribution in [2.24, 2.45) is 0 Å². The van der Waals surface area contributed by atoms with Crippen molar-refractivity contribution in [2.45, 2.75) is 58.8 Å². The molecule has 0 aromatic heterocycles. The first kappa shape index (κ1) is 17.8. The number of rotatable bonds is 5. The average molecular weight is 320 g/mol. The summed E-state index contributed by atoms with van der Waals surface area (Å²) in [6, 6.07) is 3.53. The fourth-order valence-electron chi connectivity index (χ4n) is 2.36. The van der Waals surface area contributed by atoms with E-state index in [1.54, 1.807) is 19.2 Å². The van der Waals surface area contributed by atoms with Crippen LogP contribution in [0.2, 0.25) is 0 Å². The van der Waals surface area contributed by atoms with Gasteiger partial charge in [0, 0.05) is 0 Å². The highest BCUT2D eigenvalue weighted by molar-refractivity contribution is 6.62. The molecule has 0 amide bonds. The van der Waals surface area contributed by atoms with Crippen LogP contribution in [0.3, 0.4) is 0 Å². The quantitative estimate of drug-likeness (QED) is 0.616. The van der Waals surface area contributed by atoms with Crippen LogP contribution in [0.25, 0.3) is 0 Å². The largest absolute Gasteiger partial charge is 0.494 e. The van der Waals surface area contributed by atoms with E-state index in [1.807, 2.05) is 41.5 Å². The molecule has 6 heteroatoms. The molecule has 0 aliphatic carbocycles. The zero-order valence-corrected chi connectivity index (χ0v) is 14.9. The Morgan fingerprint density at radius 1 is 1.13 bits per heavy atom. The molecular weight excluding hydrogens is 295 g/mol. The number of methoxy groups -OCH3 is 1. The molecule has 2 rings (SSSR count). The smallest absolute Gasteiger partial charge is 0.493 e. The Morgan fingerprint density at radius 3 is 2.13 bits per heavy atom. The van der Waals surface area contributed by atoms with Gasteiger partial charge >= 0.3 is 7.12 Å². The predicted octanol–water partition coefficient (Wildman–Crippen LogP) is 2.59. The summed E-state index contributed by atoms with van der Waals surface area (Å²) in [7, 11) is 0.992. The second kappa shape index (κ2) is 6.17. The van der Waals surface area contributed by atoms with Crippen molar-refractivity contribution in [1.29, 1.82) is 0 Å². The van der Waals surface area contributed by atoms with Crippen molar-refractivity contribution < 1.29 is 23.6 Å². The maximum absolute atomic E-state index is 11.5. The Balaban J connectivity index is 2.44. The van der Waals surface area contributed by atoms with Gasteiger partial charge in [0.05, 0.1) is 30.0 Å². The normalized spacial score (nSPS) is 19.0. The van der Waals surface area contributed by atoms with E-state index in [0.29, 0.717) is 17.1 Å². The van der Waals surface area contributed by atoms with E-state index in [2.05, 4.69) is 0 Å². The van der Waals surface area contributed by atoms with E-state index in [0.717, 1.165) is 11.7 Å². The van der Waals surface area contributed by atoms with E-state index < -0.39 is 18.3 Å². The Hall–Kier alpha value is -1.53. The molecule has 0 saturated carbocycles. The highest BCUT2D eigenvalue weighted by Gasteiger charge is 2.52. The van der Waals surface area contributed by atoms with Gasteiger partial charge in [-0.3, -0.25) is 4.79 Å². The van der Waals surface area contributed by atoms with E-state index in [1.165, 1.54) is 0 Å². The van der Waals surface area contributed by atoms with E-state index in [9.17, 15) is 4.79 Å². The van der Waals surface area contributed by atoms with Crippen LogP contribution in [0.15, 0.2) is 12.1 Å². The molecule has 1 fully saturated rings. The number of hydrogen-bond donors (Lipinski definition) is 0. The van der Waals surface area contributed by atoms with Crippen LogP contribution in [0.1, 0.15) is 51.9 Å². The molecule has 0 unspecified atom stereocenters. The van der Waals surface area contributed by atoms with Crippen LogP contribution in [0.4, 0.5) is 0 Å². The molecule has 1 heterocycles. The average Bonchev–Trinajstić information content (AvgIpc) is 2.67. The van der Waals surface area contributed by atoms with Gasteiger partial charge in [0.1, 0.15) is 0 Å². The summed E-state index contributed by atoms with van der Waals surface area (Å²) in [5.74, 6) is 0.936. The molecular formula is C17H25BO5. The molecule has 1 aromatic carbocycles. The van der Waals surface area contributed by atoms with Crippen molar-refractivity contribution in [1.82, 2.24) is 0 Å². The topological polar surface area (TPSA) is 54.0 Å². The van der Waals surface area contributed by atoms with Gasteiger partial charge in [-0.25, -0.2) is 0 Å². The molecule has 1 aliphatic heterocycles. The first-order valence-corrected chi connectivity index (χ1v) is 7.80. The Bertz CT molecular complexity index is 579. The van der Waals surface area contributed by atoms with Gasteiger partial charge in [-0.05, 0) is 59.1 Å². The summed E-state index contributed by atoms with van der Waals surface area (Å²) < 4.78 is 23.2. The first-order chi connectivity index (χ1) is 10.6. The highest BCUT2D eigenvalue weighted by atomic mass is 16.7. The molecule has 0 bridgehead atoms. The van der Waals surface area contributed by atoms with Gasteiger partial charge < -0.3 is 18.8 Å². The summed E-state index contributed by atoms with van der Waals surface area (Å²) in [5, 5.41) is 0. The Labute approximate surface area is 138 Å². The number of hydrogen-bond acceptors (Lipinski definition) is 5. The summed E-state index contributed by atoms with van der Waals surface area (Å²) in [5.41, 5.74) is 0.264. The molecule has 0 atom stereocenters. The number of benzene rings is 1. The summed E-state index contributed by atoms with van der Waals surface area (Å²) in [4.78, 5) is 11.5. The van der Waals surface area contributed by atoms with Gasteiger partial charge in [-0.1, -0.05) is 0 Å². The summed E-state index contributed by atoms with van der Waals surface area (Å²) in [6.45, 7) is 11.7. The molecule has 1 aromatic rings. The minimum Gasteiger partial charge on any atom is -0.493 e. The number of aldehydes is 1. The standard InChI is InChI=1S/C17H25BO5/c1-11(2)21-15-12(10-19)8-13(9-14(15)20-7)18-22-16(3,4)17(5,6)23-18/h8-11H,1-7H3. The van der Waals surface area contributed by atoms with Gasteiger partial charge in [-0.2, -0.15) is 0 Å². The van der Waals surface area contributed by atoms with Crippen molar-refractivity contribution in [2.75, 3.05) is 7.11 Å². The minimum absolute atomic E-state index is 0.0645. The SMILES string of the molecule is COc1cc(B2OC(C)(C)C(C)(C)O2)cc(C=O)c1OC(C)C. The van der Waals surface area contributed by atoms with Crippen LogP contribution >= 0.6 is 0 Å². The fraction of sp³-hybridized carbons (Fsp3) is 0.588. The third-order valence-electron chi connectivity index (χ3n) is 4.33. The number of carbonyl (C=O) groups is 1. The van der Waals surface area contributed by atoms with E-state index in [4.69, 9.17) is 18.8 Å². The van der Waals surface area contributed by atoms with Crippen LogP contribution in [0, 0.1) is 0 Å². The minimum atomic E-state index is -0.555. The van der Waals surface area contributed by atoms with Crippen molar-refractivity contribution in [3.05, 3.63) is 17.7 Å². The van der Waals surface area contributed by atoms with E-state index >= 15 is 0 Å². The molecule has 126 valence electrons. The van der Waals surface area contributed by atoms with E-state index in [-0.39, 0.29) is 6.10 Å². The van der Waals surface area contributed by atoms with Crippen LogP contribution < -0.4 is 14.9 Å². The van der Waals surface area contributed by atoms with Crippen LogP contribution in [0.5, 0.6) is 11.5 Å². The first-order valence-electron chi connectivity index (χ1n) is 7.80. The predicted molar refractivity (Wildman–Crippen MR) is 89.9 cm³/mol. The zero-order valence-electron chi connectivity index (χ0n) is 14.9. The zero-order chi connectivity index (χ0) is 17.4. The van der Waals surface area contributed by atoms with Gasteiger partial charge in [0.25, 0.3) is 0 Å². The maximum Gasteiger partial charge on any atom is 0.494 e. The molecule has 1 saturated heterocycles. The third-order valence-corrected chi connectivity index (χ3v) is 4.33. The summed E-state index contributed by atoms with van der Waals surface area (Å²) >= 11 is 0. The van der Waals surface area contributed by atoms with Gasteiger partial charge in [0.2, 0.25) is 0 Å². The number of ether oxygens (including phenoxy) is 2. The third kappa shape index (κ3) is 3.38. The second-order valence-electron chi connectivity index (χ2n) is 7.01. The van der Waals surface area contributed by atoms with Gasteiger partial charge in [-0.15, -0.1) is 0 Å². The van der Waals surface area contributed by atoms with Crippen LogP contribution in [-0.4, -0.2) is 37.8 Å². The molecule has 23 heavy (non-hydrogen) atoms. The monoisotopic (exact) mass is 320 g/mol. The second-order valence-corrected chi connectivity index (χ2v) is 7.01. The molecule has 0 spiro atoms. The van der Waals surface area contributed by atoms with Gasteiger partial charge in [0.15, 0.2) is 17.8 Å². The molecule has 5 nitrogen and oxygen atoms in total. The lowest BCUT2D eigenvalue weighted by Gasteiger charge is -2.32. The highest BCUT2D eigenvalue weighted by Crippen LogP contribution is 2.38. The fourth-order valence-corrected chi connectivity index (χ4v) is 2.36. The lowest BCUT2D eigenvalue weighted by molar-refractivity contribution is 0.00578. The van der Waals surface area contributed by atoms with Crippen molar-refractivity contribution in [3.8, 4) is 11.5 Å². The lowest BCUT2D eigenvalue weighted by atomic mass is 9.78. The Morgan fingerprint density at radius 2 is 1.70 bits per heavy atom.